The van der Waals surface area contributed by atoms with Crippen LogP contribution in [0.1, 0.15) is 11.4 Å². The highest BCUT2D eigenvalue weighted by atomic mass is 35.5. The van der Waals surface area contributed by atoms with E-state index in [0.29, 0.717) is 5.69 Å². The predicted molar refractivity (Wildman–Crippen MR) is 109 cm³/mol. The SMILES string of the molecule is Cc1c(C(F)(F)F)nc(-c2ccc(Cl)o2)n1-c1c(Cl)ccc(N2CC(C(=O)O)C2)c1Cl. The molecule has 0 spiro atoms. The van der Waals surface area contributed by atoms with Gasteiger partial charge in [0.05, 0.1) is 33.0 Å². The molecule has 0 radical (unpaired) electrons. The Morgan fingerprint density at radius 3 is 2.42 bits per heavy atom. The lowest BCUT2D eigenvalue weighted by Crippen LogP contribution is -2.50. The van der Waals surface area contributed by atoms with Gasteiger partial charge in [0, 0.05) is 13.1 Å². The van der Waals surface area contributed by atoms with Crippen LogP contribution in [-0.2, 0) is 11.0 Å². The number of halogens is 6. The number of anilines is 1. The molecule has 1 fully saturated rings. The number of carbonyl (C=O) groups is 1. The van der Waals surface area contributed by atoms with E-state index < -0.39 is 23.8 Å². The maximum Gasteiger partial charge on any atom is 0.435 e. The third-order valence-corrected chi connectivity index (χ3v) is 5.89. The van der Waals surface area contributed by atoms with E-state index in [1.807, 2.05) is 0 Å². The first-order chi connectivity index (χ1) is 14.5. The van der Waals surface area contributed by atoms with E-state index in [1.54, 1.807) is 11.0 Å². The molecule has 4 rings (SSSR count). The zero-order chi connectivity index (χ0) is 22.7. The van der Waals surface area contributed by atoms with E-state index in [2.05, 4.69) is 4.98 Å². The van der Waals surface area contributed by atoms with Crippen molar-refractivity contribution in [1.82, 2.24) is 9.55 Å². The molecule has 0 bridgehead atoms. The lowest BCUT2D eigenvalue weighted by molar-refractivity contribution is -0.143. The zero-order valence-corrected chi connectivity index (χ0v) is 17.9. The van der Waals surface area contributed by atoms with Crippen molar-refractivity contribution < 1.29 is 27.5 Å². The van der Waals surface area contributed by atoms with Gasteiger partial charge >= 0.3 is 12.1 Å². The molecule has 12 heteroatoms. The standard InChI is InChI=1S/C19H13Cl3F3N3O3/c1-8-16(19(23,24)25)26-17(12-4-5-13(21)31-12)28(8)15-10(20)2-3-11(14(15)22)27-6-9(7-27)18(29)30/h2-5,9H,6-7H2,1H3,(H,29,30). The van der Waals surface area contributed by atoms with Crippen LogP contribution in [0.2, 0.25) is 15.3 Å². The Morgan fingerprint density at radius 1 is 1.19 bits per heavy atom. The second-order valence-corrected chi connectivity index (χ2v) is 8.13. The van der Waals surface area contributed by atoms with Crippen LogP contribution in [0.15, 0.2) is 28.7 Å². The van der Waals surface area contributed by atoms with E-state index in [0.717, 1.165) is 0 Å². The number of carboxylic acids is 1. The minimum Gasteiger partial charge on any atom is -0.481 e. The molecule has 1 aliphatic heterocycles. The van der Waals surface area contributed by atoms with Gasteiger partial charge in [-0.2, -0.15) is 13.2 Å². The molecule has 1 N–H and O–H groups in total. The molecule has 0 aliphatic carbocycles. The number of imidazole rings is 1. The van der Waals surface area contributed by atoms with E-state index in [4.69, 9.17) is 44.3 Å². The highest BCUT2D eigenvalue weighted by molar-refractivity contribution is 6.39. The number of aromatic nitrogens is 2. The quantitative estimate of drug-likeness (QED) is 0.486. The minimum atomic E-state index is -4.73. The smallest absolute Gasteiger partial charge is 0.435 e. The molecule has 3 aromatic rings. The van der Waals surface area contributed by atoms with Crippen molar-refractivity contribution in [3.8, 4) is 17.3 Å². The Kier molecular flexibility index (Phi) is 5.39. The van der Waals surface area contributed by atoms with E-state index in [1.165, 1.54) is 29.7 Å². The number of aliphatic carboxylic acids is 1. The van der Waals surface area contributed by atoms with Crippen molar-refractivity contribution in [2.24, 2.45) is 5.92 Å². The number of nitrogens with zero attached hydrogens (tertiary/aromatic N) is 3. The summed E-state index contributed by atoms with van der Waals surface area (Å²) in [6, 6.07) is 5.84. The summed E-state index contributed by atoms with van der Waals surface area (Å²) in [7, 11) is 0. The third kappa shape index (κ3) is 3.75. The van der Waals surface area contributed by atoms with Crippen molar-refractivity contribution in [3.05, 3.63) is 50.9 Å². The third-order valence-electron chi connectivity index (χ3n) is 5.01. The second kappa shape index (κ2) is 7.65. The molecule has 164 valence electrons. The van der Waals surface area contributed by atoms with E-state index in [-0.39, 0.29) is 51.3 Å². The summed E-state index contributed by atoms with van der Waals surface area (Å²) in [6.07, 6.45) is -4.73. The van der Waals surface area contributed by atoms with Gasteiger partial charge in [0.25, 0.3) is 0 Å². The summed E-state index contributed by atoms with van der Waals surface area (Å²) in [5, 5.41) is 9.22. The Morgan fingerprint density at radius 2 is 1.87 bits per heavy atom. The van der Waals surface area contributed by atoms with Crippen molar-refractivity contribution in [3.63, 3.8) is 0 Å². The molecule has 0 saturated carbocycles. The number of benzene rings is 1. The van der Waals surface area contributed by atoms with Crippen LogP contribution < -0.4 is 4.90 Å². The minimum absolute atomic E-state index is 0.00368. The zero-order valence-electron chi connectivity index (χ0n) is 15.7. The fraction of sp³-hybridized carbons (Fsp3) is 0.263. The average molecular weight is 495 g/mol. The molecule has 31 heavy (non-hydrogen) atoms. The van der Waals surface area contributed by atoms with Crippen LogP contribution in [0.3, 0.4) is 0 Å². The molecule has 0 atom stereocenters. The van der Waals surface area contributed by atoms with Gasteiger partial charge in [-0.05, 0) is 42.8 Å². The van der Waals surface area contributed by atoms with Gasteiger partial charge in [-0.3, -0.25) is 9.36 Å². The Labute approximate surface area is 188 Å². The van der Waals surface area contributed by atoms with Gasteiger partial charge in [0.1, 0.15) is 0 Å². The molecule has 2 aromatic heterocycles. The first kappa shape index (κ1) is 21.9. The maximum atomic E-state index is 13.6. The van der Waals surface area contributed by atoms with Crippen molar-refractivity contribution in [2.45, 2.75) is 13.1 Å². The van der Waals surface area contributed by atoms with Gasteiger partial charge in [0.15, 0.2) is 22.5 Å². The summed E-state index contributed by atoms with van der Waals surface area (Å²) in [6.45, 7) is 1.67. The van der Waals surface area contributed by atoms with Crippen LogP contribution >= 0.6 is 34.8 Å². The maximum absolute atomic E-state index is 13.6. The van der Waals surface area contributed by atoms with Crippen LogP contribution in [0, 0.1) is 12.8 Å². The average Bonchev–Trinajstić information content (AvgIpc) is 3.19. The van der Waals surface area contributed by atoms with Gasteiger partial charge in [-0.1, -0.05) is 23.2 Å². The number of hydrogen-bond donors (Lipinski definition) is 1. The van der Waals surface area contributed by atoms with Crippen LogP contribution in [0.5, 0.6) is 0 Å². The monoisotopic (exact) mass is 493 g/mol. The van der Waals surface area contributed by atoms with Crippen molar-refractivity contribution in [2.75, 3.05) is 18.0 Å². The number of hydrogen-bond acceptors (Lipinski definition) is 4. The molecular weight excluding hydrogens is 482 g/mol. The Balaban J connectivity index is 1.91. The molecule has 3 heterocycles. The van der Waals surface area contributed by atoms with Gasteiger partial charge in [-0.25, -0.2) is 4.98 Å². The number of rotatable bonds is 4. The molecule has 1 aromatic carbocycles. The second-order valence-electron chi connectivity index (χ2n) is 6.98. The lowest BCUT2D eigenvalue weighted by atomic mass is 9.99. The van der Waals surface area contributed by atoms with Crippen molar-refractivity contribution >= 4 is 46.5 Å². The molecule has 0 amide bonds. The lowest BCUT2D eigenvalue weighted by Gasteiger charge is -2.39. The normalized spacial score (nSPS) is 14.7. The molecule has 1 saturated heterocycles. The Hall–Kier alpha value is -2.36. The van der Waals surface area contributed by atoms with E-state index >= 15 is 0 Å². The summed E-state index contributed by atoms with van der Waals surface area (Å²) in [4.78, 5) is 16.6. The highest BCUT2D eigenvalue weighted by Crippen LogP contribution is 2.44. The topological polar surface area (TPSA) is 71.5 Å². The van der Waals surface area contributed by atoms with Crippen LogP contribution in [0.25, 0.3) is 17.3 Å². The number of carboxylic acid groups (broad SMARTS) is 1. The van der Waals surface area contributed by atoms with Crippen LogP contribution in [-0.4, -0.2) is 33.7 Å². The van der Waals surface area contributed by atoms with Gasteiger partial charge in [-0.15, -0.1) is 0 Å². The highest BCUT2D eigenvalue weighted by Gasteiger charge is 2.40. The van der Waals surface area contributed by atoms with Crippen molar-refractivity contribution in [1.29, 1.82) is 0 Å². The van der Waals surface area contributed by atoms with E-state index in [9.17, 15) is 18.0 Å². The predicted octanol–water partition coefficient (Wildman–Crippen LogP) is 5.94. The fourth-order valence-corrected chi connectivity index (χ4v) is 4.26. The van der Waals surface area contributed by atoms with Gasteiger partial charge in [0.2, 0.25) is 0 Å². The van der Waals surface area contributed by atoms with Gasteiger partial charge < -0.3 is 14.4 Å². The first-order valence-corrected chi connectivity index (χ1v) is 10.0. The summed E-state index contributed by atoms with van der Waals surface area (Å²) < 4.78 is 47.3. The summed E-state index contributed by atoms with van der Waals surface area (Å²) >= 11 is 18.7. The first-order valence-electron chi connectivity index (χ1n) is 8.87. The molecule has 0 unspecified atom stereocenters. The molecule has 6 nitrogen and oxygen atoms in total. The number of alkyl halides is 3. The molecular formula is C19H13Cl3F3N3O3. The number of furan rings is 1. The Bertz CT molecular complexity index is 1180. The summed E-state index contributed by atoms with van der Waals surface area (Å²) in [5.74, 6) is -1.66. The summed E-state index contributed by atoms with van der Waals surface area (Å²) in [5.41, 5.74) is -0.850. The van der Waals surface area contributed by atoms with Crippen LogP contribution in [0.4, 0.5) is 18.9 Å². The molecule has 1 aliphatic rings. The fourth-order valence-electron chi connectivity index (χ4n) is 3.45. The largest absolute Gasteiger partial charge is 0.481 e.